The van der Waals surface area contributed by atoms with Crippen molar-refractivity contribution in [3.05, 3.63) is 190 Å². The van der Waals surface area contributed by atoms with E-state index >= 15 is 0 Å². The summed E-state index contributed by atoms with van der Waals surface area (Å²) in [6.07, 6.45) is 3.37. The van der Waals surface area contributed by atoms with Gasteiger partial charge in [-0.15, -0.1) is 0 Å². The van der Waals surface area contributed by atoms with Gasteiger partial charge >= 0.3 is 19.5 Å². The minimum Gasteiger partial charge on any atom is -0.357 e. The maximum absolute atomic E-state index is 5.45. The fourth-order valence-corrected chi connectivity index (χ4v) is 12.2. The molecule has 0 fully saturated rings. The van der Waals surface area contributed by atoms with E-state index in [0.717, 1.165) is 69.5 Å². The van der Waals surface area contributed by atoms with Crippen LogP contribution in [0.1, 0.15) is 44.5 Å². The molecule has 8 bridgehead atoms. The zero-order chi connectivity index (χ0) is 43.9. The average molecular weight is 930 g/mol. The molecule has 6 aliphatic rings. The first-order chi connectivity index (χ1) is 33.6. The standard InChI is InChI=1S/C60H32N8.Zn/c1-5-13-37-29(9-1)17-33-21-45-49(25-41(33)37)57-61-53(45)65-58-50-26-42-35(19-31-11-2-6-14-38(31)42)23-47(50)55(63-58)67-60-52-28-44-36(20-32-12-4-8-16-40(32)44)24-48(52)56(64-60)68-59-51-27-43-34(22-46(51)54(62-59)66-57)18-30-10-3-7-15-39(30)43;/h1-16,21-28H,17-20H2;/q-2;+2. The predicted octanol–water partition coefficient (Wildman–Crippen LogP) is 12.4. The summed E-state index contributed by atoms with van der Waals surface area (Å²) in [6.45, 7) is 0. The summed E-state index contributed by atoms with van der Waals surface area (Å²) in [7, 11) is 0. The molecule has 2 aliphatic heterocycles. The summed E-state index contributed by atoms with van der Waals surface area (Å²) in [5.41, 5.74) is 26.0. The van der Waals surface area contributed by atoms with Crippen molar-refractivity contribution < 1.29 is 19.5 Å². The van der Waals surface area contributed by atoms with Gasteiger partial charge in [0.1, 0.15) is 0 Å². The van der Waals surface area contributed by atoms with Crippen LogP contribution in [0.25, 0.3) is 134 Å². The van der Waals surface area contributed by atoms with Crippen LogP contribution < -0.4 is 9.97 Å². The van der Waals surface area contributed by atoms with E-state index in [1.165, 1.54) is 89.0 Å². The third kappa shape index (κ3) is 5.20. The van der Waals surface area contributed by atoms with Gasteiger partial charge in [0.25, 0.3) is 0 Å². The minimum absolute atomic E-state index is 0. The molecule has 8 nitrogen and oxygen atoms in total. The first kappa shape index (κ1) is 37.8. The molecule has 0 N–H and O–H groups in total. The van der Waals surface area contributed by atoms with Gasteiger partial charge in [-0.05, 0) is 185 Å². The second-order valence-corrected chi connectivity index (χ2v) is 19.0. The second kappa shape index (κ2) is 13.5. The van der Waals surface area contributed by atoms with E-state index in [4.69, 9.17) is 39.9 Å². The molecule has 314 valence electrons. The Kier molecular flexibility index (Phi) is 7.37. The summed E-state index contributed by atoms with van der Waals surface area (Å²) >= 11 is 0. The van der Waals surface area contributed by atoms with Gasteiger partial charge in [-0.25, -0.2) is 9.97 Å². The maximum atomic E-state index is 5.45. The van der Waals surface area contributed by atoms with Crippen molar-refractivity contribution in [2.45, 2.75) is 25.7 Å². The van der Waals surface area contributed by atoms with Gasteiger partial charge in [-0.3, -0.25) is 0 Å². The molecular weight excluding hydrogens is 898 g/mol. The average Bonchev–Trinajstić information content (AvgIpc) is 4.26. The van der Waals surface area contributed by atoms with Crippen molar-refractivity contribution >= 4 is 44.1 Å². The summed E-state index contributed by atoms with van der Waals surface area (Å²) < 4.78 is 0. The third-order valence-corrected chi connectivity index (χ3v) is 15.3. The monoisotopic (exact) mass is 928 g/mol. The van der Waals surface area contributed by atoms with Gasteiger partial charge < -0.3 is 29.9 Å². The SMILES string of the molecule is [Zn+2].c1ccc2c(c1)Cc1cc3c(cc1-2)-c1nc-3nc2[n-]c(nc3nc(nc4[n-]c(n1)c1cc5c(cc41)-c1ccccc1C5)-c1cc4c(cc1-3)-c1ccccc1C4)c1cc3c(cc21)-c1ccccc1C3. The number of rotatable bonds is 0. The summed E-state index contributed by atoms with van der Waals surface area (Å²) in [6, 6.07) is 52.9. The van der Waals surface area contributed by atoms with Crippen LogP contribution in [0, 0.1) is 0 Å². The van der Waals surface area contributed by atoms with Gasteiger partial charge in [0.05, 0.1) is 23.3 Å². The molecule has 0 amide bonds. The quantitative estimate of drug-likeness (QED) is 0.138. The number of benzene rings is 8. The van der Waals surface area contributed by atoms with Gasteiger partial charge in [0.15, 0.2) is 0 Å². The van der Waals surface area contributed by atoms with E-state index in [-0.39, 0.29) is 19.5 Å². The molecule has 69 heavy (non-hydrogen) atoms. The molecule has 0 saturated carbocycles. The van der Waals surface area contributed by atoms with Crippen LogP contribution in [0.4, 0.5) is 0 Å². The van der Waals surface area contributed by atoms with Gasteiger partial charge in [0, 0.05) is 44.8 Å². The smallest absolute Gasteiger partial charge is 0.357 e. The van der Waals surface area contributed by atoms with E-state index in [1.54, 1.807) is 0 Å². The Balaban J connectivity index is 0.00000415. The van der Waals surface area contributed by atoms with Crippen LogP contribution in [0.3, 0.4) is 0 Å². The number of aromatic nitrogens is 8. The Labute approximate surface area is 407 Å². The molecule has 0 radical (unpaired) electrons. The molecule has 17 rings (SSSR count). The van der Waals surface area contributed by atoms with Gasteiger partial charge in [0.2, 0.25) is 0 Å². The van der Waals surface area contributed by atoms with Gasteiger partial charge in [-0.2, -0.15) is 0 Å². The maximum Gasteiger partial charge on any atom is 2.00 e. The summed E-state index contributed by atoms with van der Waals surface area (Å²) in [4.78, 5) is 43.1. The number of hydrogen-bond acceptors (Lipinski definition) is 6. The zero-order valence-electron chi connectivity index (χ0n) is 37.0. The van der Waals surface area contributed by atoms with Crippen molar-refractivity contribution in [3.8, 4) is 90.1 Å². The molecule has 3 aromatic heterocycles. The van der Waals surface area contributed by atoms with E-state index < -0.39 is 0 Å². The second-order valence-electron chi connectivity index (χ2n) is 19.0. The van der Waals surface area contributed by atoms with E-state index in [0.29, 0.717) is 45.9 Å². The van der Waals surface area contributed by atoms with Crippen LogP contribution >= 0.6 is 0 Å². The van der Waals surface area contributed by atoms with Crippen LogP contribution in [-0.4, -0.2) is 29.9 Å². The molecule has 0 unspecified atom stereocenters. The molecule has 11 aromatic rings. The Morgan fingerprint density at radius 3 is 0.870 bits per heavy atom. The molecule has 5 heterocycles. The van der Waals surface area contributed by atoms with Crippen LogP contribution in [-0.2, 0) is 45.2 Å². The predicted molar refractivity (Wildman–Crippen MR) is 267 cm³/mol. The number of fused-ring (bicyclic) bond motifs is 32. The molecule has 9 heteroatoms. The molecule has 0 saturated heterocycles. The van der Waals surface area contributed by atoms with Gasteiger partial charge in [-0.1, -0.05) is 97.1 Å². The Bertz CT molecular complexity index is 4130. The van der Waals surface area contributed by atoms with Crippen LogP contribution in [0.15, 0.2) is 146 Å². The first-order valence-electron chi connectivity index (χ1n) is 23.3. The fourth-order valence-electron chi connectivity index (χ4n) is 12.2. The van der Waals surface area contributed by atoms with E-state index in [2.05, 4.69) is 146 Å². The van der Waals surface area contributed by atoms with E-state index in [1.807, 2.05) is 0 Å². The minimum atomic E-state index is 0. The fraction of sp³-hybridized carbons (Fsp3) is 0.0667. The largest absolute Gasteiger partial charge is 2.00 e. The molecular formula is C60H32N8Zn. The van der Waals surface area contributed by atoms with Crippen molar-refractivity contribution in [3.63, 3.8) is 0 Å². The van der Waals surface area contributed by atoms with Crippen molar-refractivity contribution in [1.82, 2.24) is 39.9 Å². The number of hydrogen-bond donors (Lipinski definition) is 0. The first-order valence-corrected chi connectivity index (χ1v) is 23.3. The summed E-state index contributed by atoms with van der Waals surface area (Å²) in [5, 5.41) is 3.70. The molecule has 0 spiro atoms. The topological polar surface area (TPSA) is 106 Å². The molecule has 8 aromatic carbocycles. The molecule has 0 atom stereocenters. The van der Waals surface area contributed by atoms with Crippen LogP contribution in [0.5, 0.6) is 0 Å². The zero-order valence-corrected chi connectivity index (χ0v) is 39.9. The number of nitrogens with zero attached hydrogens (tertiary/aromatic N) is 8. The third-order valence-electron chi connectivity index (χ3n) is 15.3. The Morgan fingerprint density at radius 2 is 0.522 bits per heavy atom. The van der Waals surface area contributed by atoms with Crippen molar-refractivity contribution in [2.24, 2.45) is 0 Å². The Hall–Kier alpha value is -8.26. The van der Waals surface area contributed by atoms with Crippen molar-refractivity contribution in [2.75, 3.05) is 0 Å². The van der Waals surface area contributed by atoms with E-state index in [9.17, 15) is 0 Å². The van der Waals surface area contributed by atoms with Crippen molar-refractivity contribution in [1.29, 1.82) is 0 Å². The normalized spacial score (nSPS) is 13.4. The van der Waals surface area contributed by atoms with Crippen LogP contribution in [0.2, 0.25) is 0 Å². The Morgan fingerprint density at radius 1 is 0.246 bits per heavy atom. The summed E-state index contributed by atoms with van der Waals surface area (Å²) in [5.74, 6) is 2.28. The molecule has 4 aliphatic carbocycles.